The highest BCUT2D eigenvalue weighted by atomic mass is 16.2. The molecule has 2 aliphatic rings. The standard InChI is InChI=1S/C34H28N4O6/c39-29-15-14-28(32(42)37-29)38-33(43)26-13-12-24(18-27(26)34(38)44)36-31(41)16-20-8-10-21(11-9-20)19-35-30(40)17-23-6-3-5-22-4-1-2-7-25(22)23/h1-13,18,28H,14-17,19H2,(H,35,40)(H,36,41)(H,37,39,42). The number of nitrogens with one attached hydrogen (secondary N) is 3. The van der Waals surface area contributed by atoms with E-state index in [0.717, 1.165) is 32.4 Å². The second-order valence-corrected chi connectivity index (χ2v) is 10.8. The zero-order valence-electron chi connectivity index (χ0n) is 23.6. The van der Waals surface area contributed by atoms with Gasteiger partial charge in [0, 0.05) is 18.7 Å². The number of carbonyl (C=O) groups is 6. The summed E-state index contributed by atoms with van der Waals surface area (Å²) in [5.74, 6) is -2.78. The van der Waals surface area contributed by atoms with Gasteiger partial charge in [-0.25, -0.2) is 0 Å². The highest BCUT2D eigenvalue weighted by molar-refractivity contribution is 6.24. The van der Waals surface area contributed by atoms with Gasteiger partial charge in [0.25, 0.3) is 11.8 Å². The fourth-order valence-corrected chi connectivity index (χ4v) is 5.60. The van der Waals surface area contributed by atoms with Gasteiger partial charge < -0.3 is 10.6 Å². The third-order valence-electron chi connectivity index (χ3n) is 7.83. The summed E-state index contributed by atoms with van der Waals surface area (Å²) in [5, 5.41) is 10.0. The molecule has 0 bridgehead atoms. The molecule has 220 valence electrons. The minimum Gasteiger partial charge on any atom is -0.352 e. The summed E-state index contributed by atoms with van der Waals surface area (Å²) in [5.41, 5.74) is 3.17. The van der Waals surface area contributed by atoms with E-state index < -0.39 is 29.7 Å². The summed E-state index contributed by atoms with van der Waals surface area (Å²) >= 11 is 0. The molecule has 4 aromatic carbocycles. The molecule has 0 aliphatic carbocycles. The molecule has 0 radical (unpaired) electrons. The van der Waals surface area contributed by atoms with Gasteiger partial charge in [-0.05, 0) is 52.1 Å². The number of piperidine rings is 1. The third-order valence-corrected chi connectivity index (χ3v) is 7.83. The molecule has 1 saturated heterocycles. The van der Waals surface area contributed by atoms with Crippen molar-refractivity contribution >= 4 is 51.9 Å². The molecule has 10 heteroatoms. The maximum atomic E-state index is 13.0. The molecule has 0 aromatic heterocycles. The van der Waals surface area contributed by atoms with Gasteiger partial charge in [0.15, 0.2) is 0 Å². The number of imide groups is 2. The van der Waals surface area contributed by atoms with E-state index in [-0.39, 0.29) is 48.6 Å². The number of anilines is 1. The van der Waals surface area contributed by atoms with Crippen molar-refractivity contribution in [1.29, 1.82) is 0 Å². The topological polar surface area (TPSA) is 142 Å². The molecule has 6 amide bonds. The van der Waals surface area contributed by atoms with E-state index in [0.29, 0.717) is 12.2 Å². The second-order valence-electron chi connectivity index (χ2n) is 10.8. The van der Waals surface area contributed by atoms with E-state index >= 15 is 0 Å². The van der Waals surface area contributed by atoms with Crippen LogP contribution < -0.4 is 16.0 Å². The molecule has 10 nitrogen and oxygen atoms in total. The van der Waals surface area contributed by atoms with Crippen LogP contribution in [0, 0.1) is 0 Å². The minimum atomic E-state index is -1.06. The van der Waals surface area contributed by atoms with Crippen LogP contribution in [0.4, 0.5) is 5.69 Å². The summed E-state index contributed by atoms with van der Waals surface area (Å²) in [7, 11) is 0. The minimum absolute atomic E-state index is 0.0344. The molecule has 0 saturated carbocycles. The third kappa shape index (κ3) is 5.82. The van der Waals surface area contributed by atoms with Crippen molar-refractivity contribution in [2.75, 3.05) is 5.32 Å². The number of rotatable bonds is 8. The fraction of sp³-hybridized carbons (Fsp3) is 0.176. The van der Waals surface area contributed by atoms with Crippen LogP contribution in [0.25, 0.3) is 10.8 Å². The molecule has 1 fully saturated rings. The van der Waals surface area contributed by atoms with Crippen molar-refractivity contribution in [3.8, 4) is 0 Å². The summed E-state index contributed by atoms with van der Waals surface area (Å²) in [4.78, 5) is 75.9. The van der Waals surface area contributed by atoms with Crippen LogP contribution in [0.15, 0.2) is 84.9 Å². The van der Waals surface area contributed by atoms with Crippen LogP contribution >= 0.6 is 0 Å². The van der Waals surface area contributed by atoms with Crippen molar-refractivity contribution in [1.82, 2.24) is 15.5 Å². The van der Waals surface area contributed by atoms with Gasteiger partial charge in [-0.3, -0.25) is 39.0 Å². The van der Waals surface area contributed by atoms with Crippen molar-refractivity contribution < 1.29 is 28.8 Å². The Bertz CT molecular complexity index is 1840. The number of benzene rings is 4. The maximum Gasteiger partial charge on any atom is 0.262 e. The van der Waals surface area contributed by atoms with Crippen LogP contribution in [0.2, 0.25) is 0 Å². The smallest absolute Gasteiger partial charge is 0.262 e. The monoisotopic (exact) mass is 588 g/mol. The van der Waals surface area contributed by atoms with Gasteiger partial charge in [0.2, 0.25) is 23.6 Å². The molecule has 44 heavy (non-hydrogen) atoms. The average molecular weight is 589 g/mol. The number of amides is 6. The maximum absolute atomic E-state index is 13.0. The number of nitrogens with zero attached hydrogens (tertiary/aromatic N) is 1. The van der Waals surface area contributed by atoms with E-state index in [4.69, 9.17) is 0 Å². The van der Waals surface area contributed by atoms with E-state index in [1.807, 2.05) is 66.7 Å². The highest BCUT2D eigenvalue weighted by Crippen LogP contribution is 2.29. The number of carbonyl (C=O) groups excluding carboxylic acids is 6. The molecule has 1 unspecified atom stereocenters. The van der Waals surface area contributed by atoms with E-state index in [1.54, 1.807) is 0 Å². The fourth-order valence-electron chi connectivity index (χ4n) is 5.60. The lowest BCUT2D eigenvalue weighted by Gasteiger charge is -2.27. The molecule has 2 heterocycles. The highest BCUT2D eigenvalue weighted by Gasteiger charge is 2.44. The molecule has 3 N–H and O–H groups in total. The van der Waals surface area contributed by atoms with E-state index in [2.05, 4.69) is 16.0 Å². The van der Waals surface area contributed by atoms with E-state index in [9.17, 15) is 28.8 Å². The first-order valence-corrected chi connectivity index (χ1v) is 14.2. The Balaban J connectivity index is 1.02. The average Bonchev–Trinajstić information content (AvgIpc) is 3.25. The first-order chi connectivity index (χ1) is 21.3. The number of hydrogen-bond donors (Lipinski definition) is 3. The number of fused-ring (bicyclic) bond motifs is 2. The predicted octanol–water partition coefficient (Wildman–Crippen LogP) is 3.28. The molecule has 0 spiro atoms. The van der Waals surface area contributed by atoms with Crippen LogP contribution in [0.1, 0.15) is 50.2 Å². The summed E-state index contributed by atoms with van der Waals surface area (Å²) in [6.45, 7) is 0.355. The zero-order chi connectivity index (χ0) is 30.8. The van der Waals surface area contributed by atoms with Crippen LogP contribution in [-0.2, 0) is 38.6 Å². The number of hydrogen-bond acceptors (Lipinski definition) is 6. The quantitative estimate of drug-likeness (QED) is 0.270. The predicted molar refractivity (Wildman–Crippen MR) is 161 cm³/mol. The Morgan fingerprint density at radius 3 is 2.30 bits per heavy atom. The molecule has 6 rings (SSSR count). The molecule has 4 aromatic rings. The van der Waals surface area contributed by atoms with Crippen LogP contribution in [-0.4, -0.2) is 46.4 Å². The Kier molecular flexibility index (Phi) is 7.72. The molecular weight excluding hydrogens is 560 g/mol. The summed E-state index contributed by atoms with van der Waals surface area (Å²) in [6.07, 6.45) is 0.444. The lowest BCUT2D eigenvalue weighted by Crippen LogP contribution is -2.54. The summed E-state index contributed by atoms with van der Waals surface area (Å²) < 4.78 is 0. The Labute approximate surface area is 252 Å². The zero-order valence-corrected chi connectivity index (χ0v) is 23.6. The van der Waals surface area contributed by atoms with Crippen LogP contribution in [0.5, 0.6) is 0 Å². The Morgan fingerprint density at radius 2 is 1.50 bits per heavy atom. The van der Waals surface area contributed by atoms with Gasteiger partial charge in [0.1, 0.15) is 6.04 Å². The summed E-state index contributed by atoms with van der Waals surface area (Å²) in [6, 6.07) is 24.5. The van der Waals surface area contributed by atoms with Crippen molar-refractivity contribution in [2.45, 2.75) is 38.3 Å². The van der Waals surface area contributed by atoms with Crippen molar-refractivity contribution in [3.05, 3.63) is 113 Å². The Hall–Kier alpha value is -5.64. The van der Waals surface area contributed by atoms with Crippen LogP contribution in [0.3, 0.4) is 0 Å². The van der Waals surface area contributed by atoms with Crippen molar-refractivity contribution in [2.24, 2.45) is 0 Å². The van der Waals surface area contributed by atoms with E-state index in [1.165, 1.54) is 18.2 Å². The first kappa shape index (κ1) is 28.5. The second kappa shape index (κ2) is 11.9. The lowest BCUT2D eigenvalue weighted by molar-refractivity contribution is -0.136. The van der Waals surface area contributed by atoms with Gasteiger partial charge in [-0.1, -0.05) is 66.7 Å². The molecular formula is C34H28N4O6. The van der Waals surface area contributed by atoms with Crippen molar-refractivity contribution in [3.63, 3.8) is 0 Å². The van der Waals surface area contributed by atoms with Gasteiger partial charge in [-0.2, -0.15) is 0 Å². The molecule has 1 atom stereocenters. The SMILES string of the molecule is O=C(Cc1cccc2ccccc12)NCc1ccc(CC(=O)Nc2ccc3c(c2)C(=O)N(C2CCC(=O)NC2=O)C3=O)cc1. The lowest BCUT2D eigenvalue weighted by atomic mass is 10.0. The van der Waals surface area contributed by atoms with Gasteiger partial charge in [0.05, 0.1) is 24.0 Å². The van der Waals surface area contributed by atoms with Gasteiger partial charge in [-0.15, -0.1) is 0 Å². The largest absolute Gasteiger partial charge is 0.352 e. The molecule has 2 aliphatic heterocycles. The normalized spacial score (nSPS) is 16.1. The Morgan fingerprint density at radius 1 is 0.773 bits per heavy atom. The van der Waals surface area contributed by atoms with Gasteiger partial charge >= 0.3 is 0 Å². The first-order valence-electron chi connectivity index (χ1n) is 14.2.